The minimum atomic E-state index is -0.180. The molecule has 0 fully saturated rings. The van der Waals surface area contributed by atoms with E-state index in [1.165, 1.54) is 0 Å². The molecule has 1 aromatic heterocycles. The van der Waals surface area contributed by atoms with Gasteiger partial charge in [0.15, 0.2) is 0 Å². The van der Waals surface area contributed by atoms with Crippen LogP contribution in [0.5, 0.6) is 0 Å². The summed E-state index contributed by atoms with van der Waals surface area (Å²) >= 11 is 1.88. The van der Waals surface area contributed by atoms with E-state index < -0.39 is 0 Å². The summed E-state index contributed by atoms with van der Waals surface area (Å²) in [5, 5.41) is 9.72. The Labute approximate surface area is 95.9 Å². The number of rotatable bonds is 7. The molecule has 3 nitrogen and oxygen atoms in total. The molecule has 0 bridgehead atoms. The van der Waals surface area contributed by atoms with Crippen molar-refractivity contribution in [2.45, 2.75) is 32.3 Å². The molecule has 0 radical (unpaired) electrons. The zero-order valence-electron chi connectivity index (χ0n) is 9.52. The highest BCUT2D eigenvalue weighted by atomic mass is 32.2. The Bertz CT molecular complexity index is 275. The fourth-order valence-electron chi connectivity index (χ4n) is 1.44. The fraction of sp³-hybridized carbons (Fsp3) is 0.727. The largest absolute Gasteiger partial charge is 0.393 e. The molecule has 4 heteroatoms. The quantitative estimate of drug-likeness (QED) is 0.724. The van der Waals surface area contributed by atoms with Gasteiger partial charge in [0.1, 0.15) is 5.82 Å². The topological polar surface area (TPSA) is 38.1 Å². The zero-order chi connectivity index (χ0) is 11.1. The molecule has 0 aliphatic heterocycles. The molecule has 0 saturated carbocycles. The van der Waals surface area contributed by atoms with Crippen LogP contribution < -0.4 is 0 Å². The third kappa shape index (κ3) is 4.71. The molecule has 0 spiro atoms. The van der Waals surface area contributed by atoms with Crippen LogP contribution >= 0.6 is 11.8 Å². The smallest absolute Gasteiger partial charge is 0.108 e. The lowest BCUT2D eigenvalue weighted by atomic mass is 10.1. The van der Waals surface area contributed by atoms with Crippen LogP contribution in [0.3, 0.4) is 0 Å². The number of hydrogen-bond acceptors (Lipinski definition) is 3. The van der Waals surface area contributed by atoms with Gasteiger partial charge in [0.2, 0.25) is 0 Å². The molecule has 1 unspecified atom stereocenters. The normalized spacial score (nSPS) is 13.0. The van der Waals surface area contributed by atoms with E-state index in [2.05, 4.69) is 11.9 Å². The van der Waals surface area contributed by atoms with Gasteiger partial charge in [0, 0.05) is 25.9 Å². The van der Waals surface area contributed by atoms with Crippen LogP contribution in [-0.2, 0) is 13.5 Å². The Kier molecular flexibility index (Phi) is 5.79. The van der Waals surface area contributed by atoms with E-state index in [1.807, 2.05) is 29.6 Å². The predicted octanol–water partition coefficient (Wildman–Crippen LogP) is 1.86. The lowest BCUT2D eigenvalue weighted by molar-refractivity contribution is 0.161. The van der Waals surface area contributed by atoms with E-state index in [1.54, 1.807) is 6.20 Å². The predicted molar refractivity (Wildman–Crippen MR) is 65.2 cm³/mol. The second-order valence-electron chi connectivity index (χ2n) is 3.63. The number of aromatic nitrogens is 2. The maximum absolute atomic E-state index is 9.72. The second-order valence-corrected chi connectivity index (χ2v) is 5.03. The summed E-state index contributed by atoms with van der Waals surface area (Å²) in [5.74, 6) is 3.24. The molecule has 1 N–H and O–H groups in total. The summed E-state index contributed by atoms with van der Waals surface area (Å²) < 4.78 is 2.01. The van der Waals surface area contributed by atoms with Crippen molar-refractivity contribution in [2.24, 2.45) is 7.05 Å². The summed E-state index contributed by atoms with van der Waals surface area (Å²) in [7, 11) is 1.99. The average molecular weight is 228 g/mol. The standard InChI is InChI=1S/C11H20N2OS/c1-3-15-9-6-10(14)4-5-11-12-7-8-13(11)2/h7-8,10,14H,3-6,9H2,1-2H3. The Balaban J connectivity index is 2.16. The zero-order valence-corrected chi connectivity index (χ0v) is 10.3. The highest BCUT2D eigenvalue weighted by Gasteiger charge is 2.06. The lowest BCUT2D eigenvalue weighted by Gasteiger charge is -2.09. The van der Waals surface area contributed by atoms with Crippen molar-refractivity contribution in [2.75, 3.05) is 11.5 Å². The minimum absolute atomic E-state index is 0.180. The molecule has 86 valence electrons. The molecule has 1 rings (SSSR count). The molecule has 0 amide bonds. The van der Waals surface area contributed by atoms with Crippen molar-refractivity contribution in [1.29, 1.82) is 0 Å². The van der Waals surface area contributed by atoms with Gasteiger partial charge in [0.05, 0.1) is 6.10 Å². The first-order valence-electron chi connectivity index (χ1n) is 5.46. The van der Waals surface area contributed by atoms with Gasteiger partial charge < -0.3 is 9.67 Å². The molecule has 15 heavy (non-hydrogen) atoms. The summed E-state index contributed by atoms with van der Waals surface area (Å²) in [6.07, 6.45) is 6.13. The van der Waals surface area contributed by atoms with Gasteiger partial charge in [0.25, 0.3) is 0 Å². The first kappa shape index (κ1) is 12.6. The maximum Gasteiger partial charge on any atom is 0.108 e. The van der Waals surface area contributed by atoms with Crippen LogP contribution in [0.2, 0.25) is 0 Å². The van der Waals surface area contributed by atoms with Gasteiger partial charge in [-0.3, -0.25) is 0 Å². The van der Waals surface area contributed by atoms with Crippen LogP contribution in [0, 0.1) is 0 Å². The minimum Gasteiger partial charge on any atom is -0.393 e. The summed E-state index contributed by atoms with van der Waals surface area (Å²) in [5.41, 5.74) is 0. The van der Waals surface area contributed by atoms with Crippen molar-refractivity contribution >= 4 is 11.8 Å². The Hall–Kier alpha value is -0.480. The fourth-order valence-corrected chi connectivity index (χ4v) is 2.17. The average Bonchev–Trinajstić information content (AvgIpc) is 2.61. The SMILES string of the molecule is CCSCCC(O)CCc1nccn1C. The highest BCUT2D eigenvalue weighted by Crippen LogP contribution is 2.09. The summed E-state index contributed by atoms with van der Waals surface area (Å²) in [6, 6.07) is 0. The van der Waals surface area contributed by atoms with E-state index in [4.69, 9.17) is 0 Å². The van der Waals surface area contributed by atoms with Crippen LogP contribution in [0.15, 0.2) is 12.4 Å². The van der Waals surface area contributed by atoms with Gasteiger partial charge in [-0.2, -0.15) is 11.8 Å². The van der Waals surface area contributed by atoms with Gasteiger partial charge >= 0.3 is 0 Å². The maximum atomic E-state index is 9.72. The van der Waals surface area contributed by atoms with Crippen molar-refractivity contribution in [3.8, 4) is 0 Å². The number of aryl methyl sites for hydroxylation is 2. The lowest BCUT2D eigenvalue weighted by Crippen LogP contribution is -2.11. The monoisotopic (exact) mass is 228 g/mol. The van der Waals surface area contributed by atoms with Gasteiger partial charge in [-0.1, -0.05) is 6.92 Å². The van der Waals surface area contributed by atoms with Crippen LogP contribution in [0.1, 0.15) is 25.6 Å². The van der Waals surface area contributed by atoms with E-state index in [-0.39, 0.29) is 6.10 Å². The van der Waals surface area contributed by atoms with Crippen LogP contribution in [-0.4, -0.2) is 32.3 Å². The molecular formula is C11H20N2OS. The number of thioether (sulfide) groups is 1. The molecule has 0 aliphatic rings. The second kappa shape index (κ2) is 6.90. The number of imidazole rings is 1. The van der Waals surface area contributed by atoms with Crippen LogP contribution in [0.25, 0.3) is 0 Å². The Morgan fingerprint density at radius 2 is 2.33 bits per heavy atom. The Morgan fingerprint density at radius 1 is 1.53 bits per heavy atom. The number of aliphatic hydroxyl groups excluding tert-OH is 1. The molecule has 1 heterocycles. The molecular weight excluding hydrogens is 208 g/mol. The van der Waals surface area contributed by atoms with E-state index in [9.17, 15) is 5.11 Å². The first-order valence-corrected chi connectivity index (χ1v) is 6.61. The molecule has 0 saturated heterocycles. The van der Waals surface area contributed by atoms with Gasteiger partial charge in [-0.05, 0) is 24.3 Å². The van der Waals surface area contributed by atoms with Crippen LogP contribution in [0.4, 0.5) is 0 Å². The third-order valence-corrected chi connectivity index (χ3v) is 3.35. The molecule has 0 aromatic carbocycles. The number of hydrogen-bond donors (Lipinski definition) is 1. The Morgan fingerprint density at radius 3 is 2.93 bits per heavy atom. The number of aliphatic hydroxyl groups is 1. The van der Waals surface area contributed by atoms with Crippen molar-refractivity contribution < 1.29 is 5.11 Å². The van der Waals surface area contributed by atoms with Gasteiger partial charge in [-0.15, -0.1) is 0 Å². The number of nitrogens with zero attached hydrogens (tertiary/aromatic N) is 2. The molecule has 1 atom stereocenters. The summed E-state index contributed by atoms with van der Waals surface area (Å²) in [4.78, 5) is 4.23. The van der Waals surface area contributed by atoms with E-state index in [0.717, 1.165) is 36.6 Å². The molecule has 1 aromatic rings. The van der Waals surface area contributed by atoms with E-state index >= 15 is 0 Å². The summed E-state index contributed by atoms with van der Waals surface area (Å²) in [6.45, 7) is 2.14. The third-order valence-electron chi connectivity index (χ3n) is 2.42. The molecule has 0 aliphatic carbocycles. The van der Waals surface area contributed by atoms with Gasteiger partial charge in [-0.25, -0.2) is 4.98 Å². The van der Waals surface area contributed by atoms with Crippen molar-refractivity contribution in [3.63, 3.8) is 0 Å². The van der Waals surface area contributed by atoms with E-state index in [0.29, 0.717) is 0 Å². The van der Waals surface area contributed by atoms with Crippen molar-refractivity contribution in [1.82, 2.24) is 9.55 Å². The first-order chi connectivity index (χ1) is 7.24. The highest BCUT2D eigenvalue weighted by molar-refractivity contribution is 7.99. The van der Waals surface area contributed by atoms with Crippen molar-refractivity contribution in [3.05, 3.63) is 18.2 Å².